The van der Waals surface area contributed by atoms with Crippen molar-refractivity contribution in [3.63, 3.8) is 0 Å². The number of carbonyl (C=O) groups excluding carboxylic acids is 1. The molecule has 2 aliphatic heterocycles. The molecule has 0 radical (unpaired) electrons. The number of carbonyl (C=O) groups is 1. The number of fused-ring (bicyclic) bond motifs is 1. The molecule has 15 nitrogen and oxygen atoms in total. The van der Waals surface area contributed by atoms with Gasteiger partial charge < -0.3 is 59.4 Å². The number of nitrogens with one attached hydrogen (secondary N) is 1. The van der Waals surface area contributed by atoms with Crippen molar-refractivity contribution >= 4 is 45.7 Å². The van der Waals surface area contributed by atoms with Crippen molar-refractivity contribution in [2.75, 3.05) is 32.3 Å². The van der Waals surface area contributed by atoms with Gasteiger partial charge in [0.15, 0.2) is 12.6 Å². The van der Waals surface area contributed by atoms with Crippen molar-refractivity contribution in [1.82, 2.24) is 14.1 Å². The molecule has 6 aromatic rings. The van der Waals surface area contributed by atoms with Crippen LogP contribution in [0.1, 0.15) is 10.4 Å². The van der Waals surface area contributed by atoms with Crippen molar-refractivity contribution in [2.24, 2.45) is 0 Å². The molecule has 16 heteroatoms. The minimum Gasteiger partial charge on any atom is -0.394 e. The van der Waals surface area contributed by atoms with Gasteiger partial charge in [0, 0.05) is 48.0 Å². The summed E-state index contributed by atoms with van der Waals surface area (Å²) in [6.07, 6.45) is -12.1. The van der Waals surface area contributed by atoms with Crippen LogP contribution in [0.2, 0.25) is 0 Å². The number of benzene rings is 5. The molecule has 10 unspecified atom stereocenters. The first-order valence-corrected chi connectivity index (χ1v) is 20.4. The minimum absolute atomic E-state index is 0.241. The molecule has 0 spiro atoms. The number of amides is 1. The molecule has 1 amide bonds. The van der Waals surface area contributed by atoms with E-state index >= 15 is 0 Å². The van der Waals surface area contributed by atoms with Gasteiger partial charge in [0.05, 0.1) is 24.9 Å². The third kappa shape index (κ3) is 8.53. The monoisotopic (exact) mass is 850 g/mol. The maximum absolute atomic E-state index is 13.8. The zero-order chi connectivity index (χ0) is 42.6. The fourth-order valence-electron chi connectivity index (χ4n) is 7.96. The highest BCUT2D eigenvalue weighted by molar-refractivity contribution is 7.00. The number of methoxy groups -OCH3 is 2. The predicted octanol–water partition coefficient (Wildman–Crippen LogP) is 4.16. The highest BCUT2D eigenvalue weighted by Crippen LogP contribution is 2.38. The molecule has 318 valence electrons. The van der Waals surface area contributed by atoms with E-state index in [1.54, 1.807) is 24.3 Å². The number of hydrogen-bond acceptors (Lipinski definition) is 15. The molecule has 6 N–H and O–H groups in total. The lowest BCUT2D eigenvalue weighted by atomic mass is 9.94. The molecule has 0 bridgehead atoms. The quantitative estimate of drug-likeness (QED) is 0.0967. The maximum atomic E-state index is 13.8. The van der Waals surface area contributed by atoms with Crippen molar-refractivity contribution in [1.29, 1.82) is 0 Å². The van der Waals surface area contributed by atoms with E-state index in [2.05, 4.69) is 67.5 Å². The van der Waals surface area contributed by atoms with E-state index in [4.69, 9.17) is 23.7 Å². The summed E-state index contributed by atoms with van der Waals surface area (Å²) >= 11 is 1.12. The molecule has 0 saturated carbocycles. The van der Waals surface area contributed by atoms with Crippen LogP contribution in [0.4, 0.5) is 17.1 Å². The van der Waals surface area contributed by atoms with Gasteiger partial charge in [0.25, 0.3) is 5.91 Å². The fourth-order valence-corrected chi connectivity index (χ4v) is 8.53. The van der Waals surface area contributed by atoms with Gasteiger partial charge in [0.2, 0.25) is 0 Å². The highest BCUT2D eigenvalue weighted by Gasteiger charge is 2.51. The molecule has 2 aliphatic rings. The Balaban J connectivity index is 1.01. The summed E-state index contributed by atoms with van der Waals surface area (Å²) in [6, 6.07) is 38.3. The van der Waals surface area contributed by atoms with E-state index in [1.165, 1.54) is 14.2 Å². The van der Waals surface area contributed by atoms with Crippen molar-refractivity contribution in [3.8, 4) is 22.3 Å². The van der Waals surface area contributed by atoms with Gasteiger partial charge >= 0.3 is 0 Å². The molecule has 2 saturated heterocycles. The number of nitrogens with zero attached hydrogens (tertiary/aromatic N) is 3. The Morgan fingerprint density at radius 1 is 0.639 bits per heavy atom. The van der Waals surface area contributed by atoms with Gasteiger partial charge in [-0.3, -0.25) is 4.79 Å². The number of aliphatic hydroxyl groups is 5. The number of para-hydroxylation sites is 2. The lowest BCUT2D eigenvalue weighted by Crippen LogP contribution is -2.68. The van der Waals surface area contributed by atoms with E-state index in [0.717, 1.165) is 56.6 Å². The molecule has 61 heavy (non-hydrogen) atoms. The number of anilines is 3. The van der Waals surface area contributed by atoms with Crippen LogP contribution >= 0.6 is 11.7 Å². The minimum atomic E-state index is -1.61. The topological polar surface area (TPSA) is 205 Å². The van der Waals surface area contributed by atoms with E-state index < -0.39 is 80.5 Å². The Labute approximate surface area is 355 Å². The second kappa shape index (κ2) is 18.8. The molecule has 2 fully saturated rings. The van der Waals surface area contributed by atoms with Gasteiger partial charge in [-0.1, -0.05) is 72.8 Å². The Hall–Kier alpha value is -5.21. The molecule has 0 aliphatic carbocycles. The average molecular weight is 851 g/mol. The van der Waals surface area contributed by atoms with Crippen LogP contribution in [-0.4, -0.2) is 129 Å². The largest absolute Gasteiger partial charge is 0.394 e. The molecule has 3 heterocycles. The first kappa shape index (κ1) is 42.5. The zero-order valence-corrected chi connectivity index (χ0v) is 34.0. The highest BCUT2D eigenvalue weighted by atomic mass is 32.1. The van der Waals surface area contributed by atoms with Gasteiger partial charge in [0.1, 0.15) is 59.8 Å². The van der Waals surface area contributed by atoms with Crippen molar-refractivity contribution in [3.05, 3.63) is 127 Å². The Morgan fingerprint density at radius 3 is 1.67 bits per heavy atom. The molecule has 8 rings (SSSR count). The average Bonchev–Trinajstić information content (AvgIpc) is 3.80. The smallest absolute Gasteiger partial charge is 0.251 e. The number of aromatic nitrogens is 2. The summed E-state index contributed by atoms with van der Waals surface area (Å²) in [7, 11) is 2.59. The summed E-state index contributed by atoms with van der Waals surface area (Å²) in [5, 5.41) is 55.7. The molecular weight excluding hydrogens is 805 g/mol. The SMILES string of the molecule is COC1OC(CO)C(OC2OC(CO)C(OC)C(O)C2NC(=O)c2ccc(-c3ccc(-c4ccc(N(c5ccccc5)c5ccccc5)cc4)c4nsnc34)cc2)C(O)C1O. The summed E-state index contributed by atoms with van der Waals surface area (Å²) in [5.74, 6) is -0.596. The summed E-state index contributed by atoms with van der Waals surface area (Å²) < 4.78 is 37.4. The third-order valence-corrected chi connectivity index (χ3v) is 11.6. The lowest BCUT2D eigenvalue weighted by molar-refractivity contribution is -0.344. The van der Waals surface area contributed by atoms with Crippen molar-refractivity contribution in [2.45, 2.75) is 61.3 Å². The number of ether oxygens (including phenoxy) is 5. The van der Waals surface area contributed by atoms with Crippen molar-refractivity contribution < 1.29 is 54.0 Å². The fraction of sp³-hybridized carbons (Fsp3) is 0.311. The molecule has 5 aromatic carbocycles. The number of aliphatic hydroxyl groups excluding tert-OH is 5. The predicted molar refractivity (Wildman–Crippen MR) is 226 cm³/mol. The van der Waals surface area contributed by atoms with Crippen LogP contribution in [0.15, 0.2) is 121 Å². The summed E-state index contributed by atoms with van der Waals surface area (Å²) in [6.45, 7) is -1.20. The van der Waals surface area contributed by atoms with Crippen LogP contribution in [-0.2, 0) is 23.7 Å². The Morgan fingerprint density at radius 2 is 1.15 bits per heavy atom. The summed E-state index contributed by atoms with van der Waals surface area (Å²) in [5.41, 5.74) is 8.30. The summed E-state index contributed by atoms with van der Waals surface area (Å²) in [4.78, 5) is 16.0. The van der Waals surface area contributed by atoms with E-state index in [1.807, 2.05) is 48.5 Å². The maximum Gasteiger partial charge on any atom is 0.251 e. The number of rotatable bonds is 13. The van der Waals surface area contributed by atoms with Crippen LogP contribution in [0.25, 0.3) is 33.3 Å². The first-order valence-electron chi connectivity index (χ1n) is 19.7. The van der Waals surface area contributed by atoms with Crippen LogP contribution in [0.3, 0.4) is 0 Å². The van der Waals surface area contributed by atoms with Gasteiger partial charge in [-0.25, -0.2) is 0 Å². The zero-order valence-electron chi connectivity index (χ0n) is 33.2. The van der Waals surface area contributed by atoms with Gasteiger partial charge in [-0.2, -0.15) is 8.75 Å². The number of hydrogen-bond donors (Lipinski definition) is 6. The lowest BCUT2D eigenvalue weighted by Gasteiger charge is -2.47. The van der Waals surface area contributed by atoms with Crippen LogP contribution in [0, 0.1) is 0 Å². The van der Waals surface area contributed by atoms with E-state index in [-0.39, 0.29) is 5.56 Å². The Kier molecular flexibility index (Phi) is 13.1. The van der Waals surface area contributed by atoms with Crippen LogP contribution in [0.5, 0.6) is 0 Å². The van der Waals surface area contributed by atoms with Gasteiger partial charge in [-0.05, 0) is 59.7 Å². The second-order valence-corrected chi connectivity index (χ2v) is 15.2. The second-order valence-electron chi connectivity index (χ2n) is 14.7. The molecule has 10 atom stereocenters. The Bertz CT molecular complexity index is 2330. The molecular formula is C45H46N4O11S. The third-order valence-electron chi connectivity index (χ3n) is 11.1. The molecule has 1 aromatic heterocycles. The van der Waals surface area contributed by atoms with Crippen LogP contribution < -0.4 is 10.2 Å². The van der Waals surface area contributed by atoms with Gasteiger partial charge in [-0.15, -0.1) is 0 Å². The first-order chi connectivity index (χ1) is 29.7. The normalized spacial score (nSPS) is 26.5. The van der Waals surface area contributed by atoms with E-state index in [0.29, 0.717) is 5.52 Å². The standard InChI is InChI=1S/C45H46N4O11S/c1-56-41-33(23-50)58-44(60-42-34(24-51)59-45(57-2)40(54)39(42)53)37(38(41)52)46-43(55)27-15-13-25(14-16-27)31-21-22-32(36-35(31)47-61-48-36)26-17-19-30(20-18-26)49(28-9-5-3-6-10-28)29-11-7-4-8-12-29/h3-22,33-34,37-42,44-45,50-54H,23-24H2,1-2H3,(H,46,55). The van der Waals surface area contributed by atoms with E-state index in [9.17, 15) is 30.3 Å².